The summed E-state index contributed by atoms with van der Waals surface area (Å²) in [5, 5.41) is 14.5. The minimum atomic E-state index is -1.27. The number of hydrogen-bond acceptors (Lipinski definition) is 6. The summed E-state index contributed by atoms with van der Waals surface area (Å²) in [5.41, 5.74) is -0.558. The molecule has 31 heavy (non-hydrogen) atoms. The minimum Gasteiger partial charge on any atom is -0.480 e. The van der Waals surface area contributed by atoms with Crippen LogP contribution >= 0.6 is 0 Å². The van der Waals surface area contributed by atoms with E-state index in [0.717, 1.165) is 5.56 Å². The zero-order chi connectivity index (χ0) is 23.7. The molecule has 1 rings (SSSR count). The fraction of sp³-hybridized carbons (Fsp3) is 0.591. The molecule has 0 fully saturated rings. The Balaban J connectivity index is 2.81. The van der Waals surface area contributed by atoms with Gasteiger partial charge in [0, 0.05) is 13.0 Å². The molecule has 0 unspecified atom stereocenters. The number of carbonyl (C=O) groups is 3. The van der Waals surface area contributed by atoms with Crippen LogP contribution in [0.15, 0.2) is 30.3 Å². The van der Waals surface area contributed by atoms with Crippen molar-refractivity contribution in [1.82, 2.24) is 10.6 Å². The number of carbonyl (C=O) groups excluding carboxylic acids is 2. The van der Waals surface area contributed by atoms with Crippen LogP contribution in [0.25, 0.3) is 0 Å². The van der Waals surface area contributed by atoms with Gasteiger partial charge in [0.05, 0.1) is 12.7 Å². The Bertz CT molecular complexity index is 724. The quantitative estimate of drug-likeness (QED) is 0.539. The molecule has 1 aromatic rings. The molecule has 0 saturated carbocycles. The molecule has 2 atom stereocenters. The van der Waals surface area contributed by atoms with Crippen LogP contribution in [0.2, 0.25) is 0 Å². The van der Waals surface area contributed by atoms with Crippen LogP contribution in [-0.2, 0) is 25.6 Å². The van der Waals surface area contributed by atoms with E-state index in [4.69, 9.17) is 14.2 Å². The van der Waals surface area contributed by atoms with E-state index in [-0.39, 0.29) is 19.6 Å². The van der Waals surface area contributed by atoms with Crippen LogP contribution in [0, 0.1) is 0 Å². The lowest BCUT2D eigenvalue weighted by molar-refractivity contribution is -0.140. The largest absolute Gasteiger partial charge is 0.480 e. The molecular weight excluding hydrogens is 404 g/mol. The predicted octanol–water partition coefficient (Wildman–Crippen LogP) is 3.46. The summed E-state index contributed by atoms with van der Waals surface area (Å²) < 4.78 is 16.2. The summed E-state index contributed by atoms with van der Waals surface area (Å²) in [6, 6.07) is 8.05. The minimum absolute atomic E-state index is 0.00151. The number of nitrogens with one attached hydrogen (secondary N) is 2. The fourth-order valence-corrected chi connectivity index (χ4v) is 2.44. The van der Waals surface area contributed by atoms with E-state index in [1.54, 1.807) is 41.5 Å². The molecule has 9 heteroatoms. The smallest absolute Gasteiger partial charge is 0.408 e. The maximum Gasteiger partial charge on any atom is 0.408 e. The summed E-state index contributed by atoms with van der Waals surface area (Å²) >= 11 is 0. The first kappa shape index (κ1) is 26.2. The first-order chi connectivity index (χ1) is 14.2. The number of rotatable bonds is 9. The first-order valence-corrected chi connectivity index (χ1v) is 10.1. The summed E-state index contributed by atoms with van der Waals surface area (Å²) in [6.45, 7) is 10.5. The predicted molar refractivity (Wildman–Crippen MR) is 115 cm³/mol. The van der Waals surface area contributed by atoms with Crippen LogP contribution in [0.1, 0.15) is 53.5 Å². The highest BCUT2D eigenvalue weighted by molar-refractivity contribution is 5.80. The highest BCUT2D eigenvalue weighted by atomic mass is 16.6. The number of aliphatic carboxylic acids is 1. The number of ether oxygens (including phenoxy) is 3. The van der Waals surface area contributed by atoms with Gasteiger partial charge in [0.15, 0.2) is 0 Å². The molecule has 1 aromatic carbocycles. The van der Waals surface area contributed by atoms with Crippen molar-refractivity contribution in [2.45, 2.75) is 77.9 Å². The second kappa shape index (κ2) is 11.5. The third kappa shape index (κ3) is 12.5. The van der Waals surface area contributed by atoms with Gasteiger partial charge in [0.1, 0.15) is 17.2 Å². The highest BCUT2D eigenvalue weighted by Gasteiger charge is 2.28. The van der Waals surface area contributed by atoms with Gasteiger partial charge in [0.2, 0.25) is 0 Å². The molecule has 0 radical (unpaired) electrons. The van der Waals surface area contributed by atoms with Crippen LogP contribution in [0.4, 0.5) is 9.59 Å². The molecule has 0 heterocycles. The fourth-order valence-electron chi connectivity index (χ4n) is 2.44. The summed E-state index contributed by atoms with van der Waals surface area (Å²) in [6.07, 6.45) is -2.28. The van der Waals surface area contributed by atoms with Gasteiger partial charge in [-0.1, -0.05) is 30.3 Å². The third-order valence-corrected chi connectivity index (χ3v) is 3.69. The van der Waals surface area contributed by atoms with Gasteiger partial charge in [0.25, 0.3) is 0 Å². The van der Waals surface area contributed by atoms with Gasteiger partial charge in [-0.3, -0.25) is 0 Å². The Morgan fingerprint density at radius 2 is 1.48 bits per heavy atom. The van der Waals surface area contributed by atoms with E-state index in [1.807, 2.05) is 30.3 Å². The standard InChI is InChI=1S/C22H34N2O7/c1-21(2,3)30-19(27)23-13-16(29-14-15-10-8-7-9-11-15)12-17(18(25)26)24-20(28)31-22(4,5)6/h7-11,16-17H,12-14H2,1-6H3,(H,23,27)(H,24,28)(H,25,26)/t16-,17+/m1/s1. The van der Waals surface area contributed by atoms with Gasteiger partial charge in [-0.25, -0.2) is 14.4 Å². The molecule has 0 saturated heterocycles. The summed E-state index contributed by atoms with van der Waals surface area (Å²) in [4.78, 5) is 35.7. The average molecular weight is 439 g/mol. The molecule has 0 spiro atoms. The Kier molecular flexibility index (Phi) is 9.77. The normalized spacial score (nSPS) is 13.6. The zero-order valence-electron chi connectivity index (χ0n) is 19.1. The van der Waals surface area contributed by atoms with Crippen molar-refractivity contribution in [1.29, 1.82) is 0 Å². The number of carboxylic acids is 1. The van der Waals surface area contributed by atoms with Crippen LogP contribution < -0.4 is 10.6 Å². The average Bonchev–Trinajstić information content (AvgIpc) is 2.60. The van der Waals surface area contributed by atoms with Crippen LogP contribution in [0.3, 0.4) is 0 Å². The number of benzene rings is 1. The number of carboxylic acid groups (broad SMARTS) is 1. The van der Waals surface area contributed by atoms with Gasteiger partial charge >= 0.3 is 18.2 Å². The van der Waals surface area contributed by atoms with Crippen molar-refractivity contribution in [3.63, 3.8) is 0 Å². The second-order valence-electron chi connectivity index (χ2n) is 9.07. The zero-order valence-corrected chi connectivity index (χ0v) is 19.1. The van der Waals surface area contributed by atoms with Crippen LogP contribution in [-0.4, -0.2) is 53.2 Å². The second-order valence-corrected chi connectivity index (χ2v) is 9.07. The lowest BCUT2D eigenvalue weighted by Gasteiger charge is -2.25. The Labute approximate surface area is 183 Å². The maximum absolute atomic E-state index is 12.0. The molecule has 3 N–H and O–H groups in total. The Morgan fingerprint density at radius 1 is 0.935 bits per heavy atom. The van der Waals surface area contributed by atoms with E-state index < -0.39 is 41.5 Å². The molecule has 9 nitrogen and oxygen atoms in total. The molecule has 2 amide bonds. The van der Waals surface area contributed by atoms with E-state index in [0.29, 0.717) is 0 Å². The van der Waals surface area contributed by atoms with E-state index in [2.05, 4.69) is 10.6 Å². The summed E-state index contributed by atoms with van der Waals surface area (Å²) in [7, 11) is 0. The number of alkyl carbamates (subject to hydrolysis) is 2. The molecule has 0 bridgehead atoms. The van der Waals surface area contributed by atoms with Gasteiger partial charge in [-0.15, -0.1) is 0 Å². The molecular formula is C22H34N2O7. The van der Waals surface area contributed by atoms with Crippen LogP contribution in [0.5, 0.6) is 0 Å². The number of hydrogen-bond donors (Lipinski definition) is 3. The Hall–Kier alpha value is -2.81. The number of amides is 2. The lowest BCUT2D eigenvalue weighted by atomic mass is 10.1. The molecule has 174 valence electrons. The van der Waals surface area contributed by atoms with E-state index >= 15 is 0 Å². The van der Waals surface area contributed by atoms with E-state index in [1.165, 1.54) is 0 Å². The monoisotopic (exact) mass is 438 g/mol. The highest BCUT2D eigenvalue weighted by Crippen LogP contribution is 2.12. The molecule has 0 aromatic heterocycles. The maximum atomic E-state index is 12.0. The van der Waals surface area contributed by atoms with Gasteiger partial charge in [-0.05, 0) is 47.1 Å². The SMILES string of the molecule is CC(C)(C)OC(=O)NC[C@@H](C[C@H](NC(=O)OC(C)(C)C)C(=O)O)OCc1ccccc1. The van der Waals surface area contributed by atoms with Crippen molar-refractivity contribution >= 4 is 18.2 Å². The topological polar surface area (TPSA) is 123 Å². The molecule has 0 aliphatic heterocycles. The third-order valence-electron chi connectivity index (χ3n) is 3.69. The Morgan fingerprint density at radius 3 is 2.00 bits per heavy atom. The lowest BCUT2D eigenvalue weighted by Crippen LogP contribution is -2.47. The van der Waals surface area contributed by atoms with Crippen molar-refractivity contribution in [3.8, 4) is 0 Å². The van der Waals surface area contributed by atoms with Gasteiger partial charge < -0.3 is 30.0 Å². The van der Waals surface area contributed by atoms with Crippen molar-refractivity contribution < 1.29 is 33.7 Å². The first-order valence-electron chi connectivity index (χ1n) is 10.1. The summed E-state index contributed by atoms with van der Waals surface area (Å²) in [5.74, 6) is -1.24. The van der Waals surface area contributed by atoms with Crippen molar-refractivity contribution in [3.05, 3.63) is 35.9 Å². The van der Waals surface area contributed by atoms with Gasteiger partial charge in [-0.2, -0.15) is 0 Å². The van der Waals surface area contributed by atoms with E-state index in [9.17, 15) is 19.5 Å². The van der Waals surface area contributed by atoms with Crippen molar-refractivity contribution in [2.75, 3.05) is 6.54 Å². The molecule has 0 aliphatic carbocycles. The van der Waals surface area contributed by atoms with Crippen molar-refractivity contribution in [2.24, 2.45) is 0 Å². The molecule has 0 aliphatic rings.